The zero-order valence-corrected chi connectivity index (χ0v) is 11.6. The molecule has 6 heteroatoms. The van der Waals surface area contributed by atoms with E-state index in [1.54, 1.807) is 0 Å². The summed E-state index contributed by atoms with van der Waals surface area (Å²) >= 11 is 0. The first kappa shape index (κ1) is 15.3. The van der Waals surface area contributed by atoms with Crippen LogP contribution in [-0.2, 0) is 28.7 Å². The Morgan fingerprint density at radius 1 is 1.10 bits per heavy atom. The van der Waals surface area contributed by atoms with Gasteiger partial charge in [-0.25, -0.2) is 0 Å². The van der Waals surface area contributed by atoms with Crippen molar-refractivity contribution in [1.29, 1.82) is 0 Å². The third-order valence-electron chi connectivity index (χ3n) is 3.63. The molecule has 1 atom stereocenters. The molecular formula is C15H16O6. The molecule has 1 saturated heterocycles. The zero-order chi connectivity index (χ0) is 15.4. The van der Waals surface area contributed by atoms with E-state index in [0.29, 0.717) is 13.0 Å². The lowest BCUT2D eigenvalue weighted by molar-refractivity contribution is -0.143. The van der Waals surface area contributed by atoms with E-state index in [4.69, 9.17) is 4.74 Å². The van der Waals surface area contributed by atoms with Crippen molar-refractivity contribution in [3.63, 3.8) is 0 Å². The maximum absolute atomic E-state index is 11.7. The molecule has 0 spiro atoms. The van der Waals surface area contributed by atoms with Crippen LogP contribution in [0.25, 0.3) is 0 Å². The number of carbonyl (C=O) groups is 5. The summed E-state index contributed by atoms with van der Waals surface area (Å²) in [6.07, 6.45) is 1.84. The number of hydrogen-bond acceptors (Lipinski definition) is 6. The molecule has 1 heterocycles. The molecule has 1 aliphatic heterocycles. The third-order valence-corrected chi connectivity index (χ3v) is 3.63. The molecule has 21 heavy (non-hydrogen) atoms. The third kappa shape index (κ3) is 3.93. The monoisotopic (exact) mass is 292 g/mol. The number of ether oxygens (including phenoxy) is 1. The first-order valence-corrected chi connectivity index (χ1v) is 6.94. The zero-order valence-electron chi connectivity index (χ0n) is 11.6. The van der Waals surface area contributed by atoms with Crippen LogP contribution in [0.3, 0.4) is 0 Å². The summed E-state index contributed by atoms with van der Waals surface area (Å²) in [7, 11) is 0. The lowest BCUT2D eigenvalue weighted by Gasteiger charge is -2.03. The van der Waals surface area contributed by atoms with Crippen molar-refractivity contribution in [1.82, 2.24) is 0 Å². The van der Waals surface area contributed by atoms with E-state index in [1.807, 2.05) is 0 Å². The maximum atomic E-state index is 11.7. The Morgan fingerprint density at radius 3 is 2.33 bits per heavy atom. The van der Waals surface area contributed by atoms with Gasteiger partial charge >= 0.3 is 5.97 Å². The second kappa shape index (κ2) is 6.56. The minimum absolute atomic E-state index is 0.0129. The number of cyclic esters (lactones) is 1. The largest absolute Gasteiger partial charge is 0.465 e. The molecule has 0 bridgehead atoms. The number of carbonyl (C=O) groups excluding carboxylic acids is 5. The molecule has 2 aliphatic rings. The van der Waals surface area contributed by atoms with Crippen molar-refractivity contribution in [2.45, 2.75) is 38.5 Å². The predicted octanol–water partition coefficient (Wildman–Crippen LogP) is 0.716. The average molecular weight is 292 g/mol. The average Bonchev–Trinajstić information content (AvgIpc) is 2.95. The lowest BCUT2D eigenvalue weighted by atomic mass is 9.97. The fraction of sp³-hybridized carbons (Fsp3) is 0.533. The van der Waals surface area contributed by atoms with Gasteiger partial charge in [0.05, 0.1) is 24.5 Å². The molecule has 1 unspecified atom stereocenters. The van der Waals surface area contributed by atoms with E-state index in [9.17, 15) is 24.0 Å². The summed E-state index contributed by atoms with van der Waals surface area (Å²) in [5, 5.41) is 0. The van der Waals surface area contributed by atoms with Gasteiger partial charge in [-0.3, -0.25) is 24.0 Å². The molecule has 112 valence electrons. The van der Waals surface area contributed by atoms with Crippen LogP contribution in [0.5, 0.6) is 0 Å². The number of hydrogen-bond donors (Lipinski definition) is 0. The second-order valence-electron chi connectivity index (χ2n) is 5.28. The highest BCUT2D eigenvalue weighted by Crippen LogP contribution is 2.20. The molecule has 0 aromatic carbocycles. The molecule has 1 saturated carbocycles. The maximum Gasteiger partial charge on any atom is 0.309 e. The van der Waals surface area contributed by atoms with E-state index in [1.165, 1.54) is 6.08 Å². The molecule has 0 aromatic heterocycles. The number of rotatable bonds is 6. The highest BCUT2D eigenvalue weighted by molar-refractivity contribution is 6.25. The van der Waals surface area contributed by atoms with Gasteiger partial charge < -0.3 is 4.74 Å². The number of esters is 1. The molecule has 0 N–H and O–H groups in total. The van der Waals surface area contributed by atoms with E-state index in [2.05, 4.69) is 0 Å². The van der Waals surface area contributed by atoms with Crippen LogP contribution in [0.2, 0.25) is 0 Å². The Hall–Kier alpha value is -2.11. The Kier molecular flexibility index (Phi) is 4.77. The molecule has 2 fully saturated rings. The van der Waals surface area contributed by atoms with E-state index < -0.39 is 5.92 Å². The van der Waals surface area contributed by atoms with Gasteiger partial charge in [0.1, 0.15) is 11.6 Å². The number of allylic oxidation sites excluding steroid dienone is 2. The van der Waals surface area contributed by atoms with Crippen LogP contribution >= 0.6 is 0 Å². The number of ketones is 4. The topological polar surface area (TPSA) is 94.6 Å². The minimum Gasteiger partial charge on any atom is -0.465 e. The van der Waals surface area contributed by atoms with Crippen molar-refractivity contribution in [2.24, 2.45) is 5.92 Å². The van der Waals surface area contributed by atoms with Gasteiger partial charge in [0.2, 0.25) is 0 Å². The predicted molar refractivity (Wildman–Crippen MR) is 70.3 cm³/mol. The Bertz CT molecular complexity index is 524. The Balaban J connectivity index is 1.80. The Labute approximate surface area is 121 Å². The SMILES string of the molecule is O=C(CC=C1C(=O)CCC1=O)CC(=O)CC1CCOC1=O. The first-order chi connectivity index (χ1) is 9.97. The van der Waals surface area contributed by atoms with Crippen LogP contribution in [0.1, 0.15) is 38.5 Å². The molecule has 1 aliphatic carbocycles. The summed E-state index contributed by atoms with van der Waals surface area (Å²) < 4.78 is 4.75. The van der Waals surface area contributed by atoms with Gasteiger partial charge in [0.15, 0.2) is 11.6 Å². The van der Waals surface area contributed by atoms with Crippen LogP contribution in [0, 0.1) is 5.92 Å². The summed E-state index contributed by atoms with van der Waals surface area (Å²) in [5.41, 5.74) is 0.0789. The molecular weight excluding hydrogens is 276 g/mol. The van der Waals surface area contributed by atoms with Crippen molar-refractivity contribution < 1.29 is 28.7 Å². The van der Waals surface area contributed by atoms with Crippen LogP contribution in [0.4, 0.5) is 0 Å². The summed E-state index contributed by atoms with van der Waals surface area (Å²) in [4.78, 5) is 57.3. The summed E-state index contributed by atoms with van der Waals surface area (Å²) in [6.45, 7) is 0.320. The Morgan fingerprint density at radius 2 is 1.76 bits per heavy atom. The van der Waals surface area contributed by atoms with Gasteiger partial charge in [-0.05, 0) is 6.42 Å². The van der Waals surface area contributed by atoms with Gasteiger partial charge in [-0.15, -0.1) is 0 Å². The quantitative estimate of drug-likeness (QED) is 0.310. The molecule has 0 radical (unpaired) electrons. The highest BCUT2D eigenvalue weighted by Gasteiger charge is 2.29. The fourth-order valence-corrected chi connectivity index (χ4v) is 2.46. The van der Waals surface area contributed by atoms with Crippen molar-refractivity contribution in [2.75, 3.05) is 6.61 Å². The van der Waals surface area contributed by atoms with Gasteiger partial charge in [-0.2, -0.15) is 0 Å². The van der Waals surface area contributed by atoms with Crippen molar-refractivity contribution >= 4 is 29.1 Å². The van der Waals surface area contributed by atoms with E-state index in [-0.39, 0.29) is 66.8 Å². The molecule has 6 nitrogen and oxygen atoms in total. The van der Waals surface area contributed by atoms with Crippen LogP contribution in [-0.4, -0.2) is 35.7 Å². The van der Waals surface area contributed by atoms with Gasteiger partial charge in [-0.1, -0.05) is 6.08 Å². The molecule has 2 rings (SSSR count). The second-order valence-corrected chi connectivity index (χ2v) is 5.28. The fourth-order valence-electron chi connectivity index (χ4n) is 2.46. The van der Waals surface area contributed by atoms with Crippen molar-refractivity contribution in [3.05, 3.63) is 11.6 Å². The lowest BCUT2D eigenvalue weighted by Crippen LogP contribution is -2.16. The van der Waals surface area contributed by atoms with E-state index in [0.717, 1.165) is 0 Å². The minimum atomic E-state index is -0.443. The normalized spacial score (nSPS) is 21.6. The van der Waals surface area contributed by atoms with E-state index >= 15 is 0 Å². The summed E-state index contributed by atoms with van der Waals surface area (Å²) in [6, 6.07) is 0. The smallest absolute Gasteiger partial charge is 0.309 e. The first-order valence-electron chi connectivity index (χ1n) is 6.94. The highest BCUT2D eigenvalue weighted by atomic mass is 16.5. The van der Waals surface area contributed by atoms with Crippen LogP contribution in [0.15, 0.2) is 11.6 Å². The summed E-state index contributed by atoms with van der Waals surface area (Å²) in [5.74, 6) is -1.99. The molecule has 0 aromatic rings. The molecule has 0 amide bonds. The van der Waals surface area contributed by atoms with Crippen molar-refractivity contribution in [3.8, 4) is 0 Å². The van der Waals surface area contributed by atoms with Crippen LogP contribution < -0.4 is 0 Å². The number of Topliss-reactive ketones (excluding diaryl/α,β-unsaturated/α-hetero) is 4. The van der Waals surface area contributed by atoms with Gasteiger partial charge in [0, 0.05) is 25.7 Å². The van der Waals surface area contributed by atoms with Gasteiger partial charge in [0.25, 0.3) is 0 Å². The standard InChI is InChI=1S/C15H16O6/c16-10(1-2-12-13(18)3-4-14(12)19)8-11(17)7-9-5-6-21-15(9)20/h2,9H,1,3-8H2.